The van der Waals surface area contributed by atoms with Crippen LogP contribution in [-0.2, 0) is 21.4 Å². The Morgan fingerprint density at radius 1 is 1.23 bits per heavy atom. The molecule has 0 spiro atoms. The van der Waals surface area contributed by atoms with Crippen molar-refractivity contribution >= 4 is 49.4 Å². The van der Waals surface area contributed by atoms with E-state index >= 15 is 0 Å². The highest BCUT2D eigenvalue weighted by atomic mass is 32.2. The molecule has 2 heterocycles. The monoisotopic (exact) mass is 577 g/mol. The number of aromatic nitrogens is 1. The fourth-order valence-corrected chi connectivity index (χ4v) is 5.88. The van der Waals surface area contributed by atoms with Crippen molar-refractivity contribution in [1.29, 1.82) is 0 Å². The number of allylic oxidation sites excluding steroid dienone is 1. The molecule has 1 unspecified atom stereocenters. The maximum atomic E-state index is 13.8. The van der Waals surface area contributed by atoms with Crippen LogP contribution in [0.1, 0.15) is 12.0 Å². The van der Waals surface area contributed by atoms with Crippen molar-refractivity contribution in [3.05, 3.63) is 82.8 Å². The van der Waals surface area contributed by atoms with Crippen LogP contribution in [0.4, 0.5) is 19.3 Å². The van der Waals surface area contributed by atoms with Gasteiger partial charge in [0.25, 0.3) is 0 Å². The molecule has 39 heavy (non-hydrogen) atoms. The van der Waals surface area contributed by atoms with Gasteiger partial charge in [0.2, 0.25) is 5.91 Å². The molecule has 4 rings (SSSR count). The lowest BCUT2D eigenvalue weighted by atomic mass is 10.0. The second-order valence-corrected chi connectivity index (χ2v) is 11.1. The van der Waals surface area contributed by atoms with Crippen LogP contribution in [-0.4, -0.2) is 49.3 Å². The zero-order valence-corrected chi connectivity index (χ0v) is 22.2. The van der Waals surface area contributed by atoms with E-state index in [9.17, 15) is 26.8 Å². The number of carbonyl (C=O) groups excluding carboxylic acids is 2. The summed E-state index contributed by atoms with van der Waals surface area (Å²) in [5, 5.41) is 2.32. The van der Waals surface area contributed by atoms with Gasteiger partial charge in [0, 0.05) is 31.8 Å². The molecule has 3 amide bonds. The van der Waals surface area contributed by atoms with Gasteiger partial charge in [-0.25, -0.2) is 27.6 Å². The summed E-state index contributed by atoms with van der Waals surface area (Å²) in [5.74, 6) is -2.51. The molecule has 0 saturated heterocycles. The number of nitrogens with one attached hydrogen (secondary N) is 2. The van der Waals surface area contributed by atoms with Gasteiger partial charge < -0.3 is 21.7 Å². The number of nitrogens with two attached hydrogens (primary N) is 2. The van der Waals surface area contributed by atoms with Gasteiger partial charge in [-0.2, -0.15) is 8.42 Å². The average molecular weight is 578 g/mol. The maximum absolute atomic E-state index is 13.8. The summed E-state index contributed by atoms with van der Waals surface area (Å²) in [6.45, 7) is -0.0269. The number of thiazole rings is 1. The fraction of sp³-hybridized carbons (Fsp3) is 0.208. The van der Waals surface area contributed by atoms with Gasteiger partial charge in [0.15, 0.2) is 0 Å². The number of hydrogen-bond donors (Lipinski definition) is 4. The number of anilines is 1. The summed E-state index contributed by atoms with van der Waals surface area (Å²) in [6, 6.07) is 5.19. The molecule has 0 radical (unpaired) electrons. The van der Waals surface area contributed by atoms with Crippen molar-refractivity contribution in [2.24, 2.45) is 11.5 Å². The number of likely N-dealkylation sites (N-methyl/N-ethyl adjacent to an activating group) is 1. The molecule has 0 saturated carbocycles. The van der Waals surface area contributed by atoms with Gasteiger partial charge >= 0.3 is 16.2 Å². The number of halogens is 2. The first-order valence-corrected chi connectivity index (χ1v) is 13.8. The summed E-state index contributed by atoms with van der Waals surface area (Å²) in [6.07, 6.45) is 2.62. The SMILES string of the molecule is CN(C(=O)C(Cc1cc(F)cc(F)c1)NC(=O)NS(=O)(=O)N1CCC(/C=C\N)=C1N)c1ccc2scnc2c1. The van der Waals surface area contributed by atoms with E-state index in [1.807, 2.05) is 4.72 Å². The molecular formula is C24H25F2N7O4S2. The Hall–Kier alpha value is -4.24. The molecule has 11 nitrogen and oxygen atoms in total. The number of urea groups is 1. The minimum absolute atomic E-state index is 0.0269. The third-order valence-electron chi connectivity index (χ3n) is 5.99. The third kappa shape index (κ3) is 6.26. The first kappa shape index (κ1) is 27.8. The van der Waals surface area contributed by atoms with Gasteiger partial charge in [0.1, 0.15) is 23.5 Å². The standard InChI is InChI=1S/C24H25F2N7O4S2/c1-32(18-2-3-21-19(12-18)29-13-38-21)23(34)20(10-14-8-16(25)11-17(26)9-14)30-24(35)31-39(36,37)33-7-5-15(4-6-27)22(33)28/h2-4,6,8-9,11-13,20H,5,7,10,27-28H2,1H3,(H2,30,31,35)/b6-4-. The lowest BCUT2D eigenvalue weighted by Crippen LogP contribution is -2.54. The van der Waals surface area contributed by atoms with Gasteiger partial charge in [-0.15, -0.1) is 11.3 Å². The van der Waals surface area contributed by atoms with E-state index in [0.29, 0.717) is 22.8 Å². The third-order valence-corrected chi connectivity index (χ3v) is 8.20. The van der Waals surface area contributed by atoms with E-state index < -0.39 is 39.8 Å². The van der Waals surface area contributed by atoms with Crippen LogP contribution in [0.15, 0.2) is 65.6 Å². The molecule has 1 aliphatic rings. The number of fused-ring (bicyclic) bond motifs is 1. The number of nitrogens with zero attached hydrogens (tertiary/aromatic N) is 3. The highest BCUT2D eigenvalue weighted by Crippen LogP contribution is 2.25. The number of rotatable bonds is 8. The normalized spacial score (nSPS) is 14.7. The van der Waals surface area contributed by atoms with Gasteiger partial charge in [-0.05, 0) is 60.2 Å². The van der Waals surface area contributed by atoms with Crippen molar-refractivity contribution in [1.82, 2.24) is 19.3 Å². The van der Waals surface area contributed by atoms with E-state index in [1.54, 1.807) is 23.7 Å². The number of benzene rings is 2. The Bertz CT molecular complexity index is 1570. The molecule has 1 atom stereocenters. The molecule has 3 aromatic rings. The summed E-state index contributed by atoms with van der Waals surface area (Å²) in [5.41, 5.74) is 14.5. The smallest absolute Gasteiger partial charge is 0.330 e. The second kappa shape index (κ2) is 11.2. The largest absolute Gasteiger partial charge is 0.405 e. The first-order chi connectivity index (χ1) is 18.5. The Morgan fingerprint density at radius 2 is 1.95 bits per heavy atom. The number of carbonyl (C=O) groups is 2. The molecule has 1 aromatic heterocycles. The van der Waals surface area contributed by atoms with E-state index in [1.165, 1.54) is 35.6 Å². The van der Waals surface area contributed by atoms with Crippen LogP contribution >= 0.6 is 11.3 Å². The summed E-state index contributed by atoms with van der Waals surface area (Å²) in [7, 11) is -2.99. The minimum Gasteiger partial charge on any atom is -0.405 e. The fourth-order valence-electron chi connectivity index (χ4n) is 4.11. The summed E-state index contributed by atoms with van der Waals surface area (Å²) < 4.78 is 56.9. The predicted octanol–water partition coefficient (Wildman–Crippen LogP) is 2.04. The first-order valence-electron chi connectivity index (χ1n) is 11.5. The molecule has 15 heteroatoms. The topological polar surface area (TPSA) is 164 Å². The van der Waals surface area contributed by atoms with Crippen molar-refractivity contribution in [3.63, 3.8) is 0 Å². The maximum Gasteiger partial charge on any atom is 0.330 e. The average Bonchev–Trinajstić information content (AvgIpc) is 3.48. The van der Waals surface area contributed by atoms with E-state index in [2.05, 4.69) is 10.3 Å². The lowest BCUT2D eigenvalue weighted by molar-refractivity contribution is -0.120. The summed E-state index contributed by atoms with van der Waals surface area (Å²) in [4.78, 5) is 31.8. The van der Waals surface area contributed by atoms with Gasteiger partial charge in [-0.3, -0.25) is 4.79 Å². The summed E-state index contributed by atoms with van der Waals surface area (Å²) >= 11 is 1.42. The zero-order valence-electron chi connectivity index (χ0n) is 20.6. The van der Waals surface area contributed by atoms with E-state index in [-0.39, 0.29) is 30.8 Å². The minimum atomic E-state index is -4.45. The van der Waals surface area contributed by atoms with Crippen LogP contribution in [0.25, 0.3) is 10.2 Å². The van der Waals surface area contributed by atoms with Crippen LogP contribution in [0, 0.1) is 11.6 Å². The van der Waals surface area contributed by atoms with Crippen LogP contribution < -0.4 is 26.4 Å². The predicted molar refractivity (Wildman–Crippen MR) is 143 cm³/mol. The van der Waals surface area contributed by atoms with Gasteiger partial charge in [0.05, 0.1) is 15.7 Å². The van der Waals surface area contributed by atoms with E-state index in [0.717, 1.165) is 21.1 Å². The molecule has 6 N–H and O–H groups in total. The molecular weight excluding hydrogens is 552 g/mol. The van der Waals surface area contributed by atoms with Crippen molar-refractivity contribution in [2.45, 2.75) is 18.9 Å². The Morgan fingerprint density at radius 3 is 2.64 bits per heavy atom. The van der Waals surface area contributed by atoms with E-state index in [4.69, 9.17) is 11.5 Å². The van der Waals surface area contributed by atoms with Crippen molar-refractivity contribution < 1.29 is 26.8 Å². The molecule has 0 aliphatic carbocycles. The van der Waals surface area contributed by atoms with Crippen molar-refractivity contribution in [2.75, 3.05) is 18.5 Å². The quantitative estimate of drug-likeness (QED) is 0.318. The Labute approximate surface area is 227 Å². The highest BCUT2D eigenvalue weighted by molar-refractivity contribution is 7.87. The Kier molecular flexibility index (Phi) is 8.01. The molecule has 0 bridgehead atoms. The molecule has 206 valence electrons. The van der Waals surface area contributed by atoms with Crippen molar-refractivity contribution in [3.8, 4) is 0 Å². The molecule has 1 aliphatic heterocycles. The van der Waals surface area contributed by atoms with Crippen LogP contribution in [0.2, 0.25) is 0 Å². The molecule has 2 aromatic carbocycles. The molecule has 0 fully saturated rings. The Balaban J connectivity index is 1.57. The second-order valence-electron chi connectivity index (χ2n) is 8.61. The van der Waals surface area contributed by atoms with Gasteiger partial charge in [-0.1, -0.05) is 0 Å². The van der Waals surface area contributed by atoms with Crippen LogP contribution in [0.5, 0.6) is 0 Å². The number of amides is 3. The van der Waals surface area contributed by atoms with Crippen LogP contribution in [0.3, 0.4) is 0 Å². The highest BCUT2D eigenvalue weighted by Gasteiger charge is 2.33. The zero-order chi connectivity index (χ0) is 28.3. The lowest BCUT2D eigenvalue weighted by Gasteiger charge is -2.26. The number of hydrogen-bond acceptors (Lipinski definition) is 8.